The molecular formula is C19H19N3OS3. The van der Waals surface area contributed by atoms with E-state index in [0.717, 1.165) is 15.8 Å². The number of aryl methyl sites for hydroxylation is 1. The first-order chi connectivity index (χ1) is 12.7. The van der Waals surface area contributed by atoms with E-state index in [1.165, 1.54) is 28.0 Å². The summed E-state index contributed by atoms with van der Waals surface area (Å²) in [6, 6.07) is 18.6. The highest BCUT2D eigenvalue weighted by atomic mass is 32.2. The fraction of sp³-hybridized carbons (Fsp3) is 0.211. The summed E-state index contributed by atoms with van der Waals surface area (Å²) in [5, 5.41) is 11.6. The SMILES string of the molecule is Cc1ccc(CSc2nnc(NC(=O)CSCc3ccccc3)s2)cc1. The number of nitrogens with one attached hydrogen (secondary N) is 1. The van der Waals surface area contributed by atoms with Crippen molar-refractivity contribution >= 4 is 45.9 Å². The third-order valence-corrected chi connectivity index (χ3v) is 6.53. The predicted molar refractivity (Wildman–Crippen MR) is 112 cm³/mol. The van der Waals surface area contributed by atoms with Crippen LogP contribution in [0.3, 0.4) is 0 Å². The minimum Gasteiger partial charge on any atom is -0.300 e. The van der Waals surface area contributed by atoms with Crippen LogP contribution in [0.5, 0.6) is 0 Å². The molecule has 0 bridgehead atoms. The number of amides is 1. The molecule has 3 rings (SSSR count). The van der Waals surface area contributed by atoms with E-state index in [9.17, 15) is 4.79 Å². The predicted octanol–water partition coefficient (Wildman–Crippen LogP) is 5.01. The number of hydrogen-bond acceptors (Lipinski definition) is 6. The fourth-order valence-electron chi connectivity index (χ4n) is 2.14. The van der Waals surface area contributed by atoms with Gasteiger partial charge in [0.25, 0.3) is 0 Å². The van der Waals surface area contributed by atoms with Gasteiger partial charge in [-0.3, -0.25) is 10.1 Å². The van der Waals surface area contributed by atoms with Crippen LogP contribution in [0.2, 0.25) is 0 Å². The summed E-state index contributed by atoms with van der Waals surface area (Å²) in [5.41, 5.74) is 3.72. The number of rotatable bonds is 8. The molecule has 0 radical (unpaired) electrons. The summed E-state index contributed by atoms with van der Waals surface area (Å²) in [5.74, 6) is 2.02. The van der Waals surface area contributed by atoms with Gasteiger partial charge in [0, 0.05) is 11.5 Å². The molecule has 134 valence electrons. The number of benzene rings is 2. The first-order valence-electron chi connectivity index (χ1n) is 8.12. The van der Waals surface area contributed by atoms with Crippen LogP contribution in [0.25, 0.3) is 0 Å². The van der Waals surface area contributed by atoms with Gasteiger partial charge in [-0.05, 0) is 18.1 Å². The molecule has 0 aliphatic heterocycles. The van der Waals surface area contributed by atoms with Gasteiger partial charge in [0.2, 0.25) is 11.0 Å². The molecule has 0 fully saturated rings. The van der Waals surface area contributed by atoms with Gasteiger partial charge in [0.1, 0.15) is 0 Å². The number of aromatic nitrogens is 2. The molecule has 0 unspecified atom stereocenters. The summed E-state index contributed by atoms with van der Waals surface area (Å²) < 4.78 is 0.859. The molecule has 0 saturated carbocycles. The second-order valence-electron chi connectivity index (χ2n) is 5.67. The van der Waals surface area contributed by atoms with E-state index in [-0.39, 0.29) is 5.91 Å². The third-order valence-electron chi connectivity index (χ3n) is 3.48. The smallest absolute Gasteiger partial charge is 0.236 e. The average Bonchev–Trinajstić information content (AvgIpc) is 3.09. The van der Waals surface area contributed by atoms with Crippen LogP contribution in [0.1, 0.15) is 16.7 Å². The zero-order valence-electron chi connectivity index (χ0n) is 14.3. The number of nitrogens with zero attached hydrogens (tertiary/aromatic N) is 2. The summed E-state index contributed by atoms with van der Waals surface area (Å²) in [7, 11) is 0. The molecule has 1 aromatic heterocycles. The molecule has 2 aromatic carbocycles. The van der Waals surface area contributed by atoms with Gasteiger partial charge < -0.3 is 0 Å². The highest BCUT2D eigenvalue weighted by Crippen LogP contribution is 2.28. The lowest BCUT2D eigenvalue weighted by molar-refractivity contribution is -0.113. The Balaban J connectivity index is 1.41. The van der Waals surface area contributed by atoms with Gasteiger partial charge in [-0.1, -0.05) is 83.3 Å². The molecule has 0 aliphatic rings. The van der Waals surface area contributed by atoms with Crippen molar-refractivity contribution in [2.24, 2.45) is 0 Å². The van der Waals surface area contributed by atoms with Crippen molar-refractivity contribution in [3.05, 3.63) is 71.3 Å². The molecule has 0 saturated heterocycles. The maximum Gasteiger partial charge on any atom is 0.236 e. The fourth-order valence-corrected chi connectivity index (χ4v) is 4.65. The number of thioether (sulfide) groups is 2. The summed E-state index contributed by atoms with van der Waals surface area (Å²) >= 11 is 4.63. The van der Waals surface area contributed by atoms with Gasteiger partial charge >= 0.3 is 0 Å². The van der Waals surface area contributed by atoms with Crippen LogP contribution >= 0.6 is 34.9 Å². The van der Waals surface area contributed by atoms with Crippen molar-refractivity contribution in [3.63, 3.8) is 0 Å². The lowest BCUT2D eigenvalue weighted by atomic mass is 10.2. The second-order valence-corrected chi connectivity index (χ2v) is 8.86. The maximum atomic E-state index is 12.0. The van der Waals surface area contributed by atoms with Crippen LogP contribution in [-0.4, -0.2) is 21.9 Å². The van der Waals surface area contributed by atoms with E-state index in [1.54, 1.807) is 23.5 Å². The normalized spacial score (nSPS) is 10.7. The Morgan fingerprint density at radius 1 is 1.00 bits per heavy atom. The lowest BCUT2D eigenvalue weighted by Crippen LogP contribution is -2.13. The Morgan fingerprint density at radius 2 is 1.73 bits per heavy atom. The van der Waals surface area contributed by atoms with Crippen LogP contribution < -0.4 is 5.32 Å². The van der Waals surface area contributed by atoms with Crippen molar-refractivity contribution in [3.8, 4) is 0 Å². The van der Waals surface area contributed by atoms with Crippen LogP contribution in [0.15, 0.2) is 58.9 Å². The Kier molecular flexibility index (Phi) is 7.11. The first-order valence-corrected chi connectivity index (χ1v) is 11.1. The van der Waals surface area contributed by atoms with E-state index in [1.807, 2.05) is 18.2 Å². The largest absolute Gasteiger partial charge is 0.300 e. The number of hydrogen-bond donors (Lipinski definition) is 1. The van der Waals surface area contributed by atoms with Gasteiger partial charge in [-0.2, -0.15) is 0 Å². The molecule has 3 aromatic rings. The quantitative estimate of drug-likeness (QED) is 0.425. The lowest BCUT2D eigenvalue weighted by Gasteiger charge is -2.02. The Labute approximate surface area is 165 Å². The van der Waals surface area contributed by atoms with E-state index >= 15 is 0 Å². The second kappa shape index (κ2) is 9.75. The average molecular weight is 402 g/mol. The Hall–Kier alpha value is -1.83. The number of carbonyl (C=O) groups excluding carboxylic acids is 1. The van der Waals surface area contributed by atoms with E-state index in [4.69, 9.17) is 0 Å². The molecule has 0 atom stereocenters. The molecule has 0 spiro atoms. The molecule has 7 heteroatoms. The minimum atomic E-state index is -0.0443. The van der Waals surface area contributed by atoms with Crippen molar-refractivity contribution < 1.29 is 4.79 Å². The molecule has 26 heavy (non-hydrogen) atoms. The molecule has 4 nitrogen and oxygen atoms in total. The summed E-state index contributed by atoms with van der Waals surface area (Å²) in [6.45, 7) is 2.08. The topological polar surface area (TPSA) is 54.9 Å². The number of carbonyl (C=O) groups is 1. The first kappa shape index (κ1) is 18.9. The minimum absolute atomic E-state index is 0.0443. The standard InChI is InChI=1S/C19H19N3OS3/c1-14-7-9-16(10-8-14)12-25-19-22-21-18(26-19)20-17(23)13-24-11-15-5-3-2-4-6-15/h2-10H,11-13H2,1H3,(H,20,21,23). The number of anilines is 1. The molecule has 0 aliphatic carbocycles. The van der Waals surface area contributed by atoms with Crippen LogP contribution in [0.4, 0.5) is 5.13 Å². The molecule has 1 heterocycles. The van der Waals surface area contributed by atoms with Crippen LogP contribution in [0, 0.1) is 6.92 Å². The van der Waals surface area contributed by atoms with Gasteiger partial charge in [0.05, 0.1) is 5.75 Å². The Bertz CT molecular complexity index is 835. The van der Waals surface area contributed by atoms with Crippen molar-refractivity contribution in [1.29, 1.82) is 0 Å². The van der Waals surface area contributed by atoms with Crippen LogP contribution in [-0.2, 0) is 16.3 Å². The Morgan fingerprint density at radius 3 is 2.50 bits per heavy atom. The zero-order chi connectivity index (χ0) is 18.2. The zero-order valence-corrected chi connectivity index (χ0v) is 16.8. The monoisotopic (exact) mass is 401 g/mol. The van der Waals surface area contributed by atoms with E-state index < -0.39 is 0 Å². The highest BCUT2D eigenvalue weighted by molar-refractivity contribution is 8.00. The molecular weight excluding hydrogens is 382 g/mol. The molecule has 1 amide bonds. The van der Waals surface area contributed by atoms with Gasteiger partial charge in [-0.25, -0.2) is 0 Å². The summed E-state index contributed by atoms with van der Waals surface area (Å²) in [4.78, 5) is 12.0. The van der Waals surface area contributed by atoms with E-state index in [0.29, 0.717) is 10.9 Å². The summed E-state index contributed by atoms with van der Waals surface area (Å²) in [6.07, 6.45) is 0. The highest BCUT2D eigenvalue weighted by Gasteiger charge is 2.09. The van der Waals surface area contributed by atoms with E-state index in [2.05, 4.69) is 58.8 Å². The van der Waals surface area contributed by atoms with Gasteiger partial charge in [-0.15, -0.1) is 22.0 Å². The third kappa shape index (κ3) is 6.16. The van der Waals surface area contributed by atoms with Crippen molar-refractivity contribution in [2.75, 3.05) is 11.1 Å². The maximum absolute atomic E-state index is 12.0. The van der Waals surface area contributed by atoms with Crippen molar-refractivity contribution in [1.82, 2.24) is 10.2 Å². The van der Waals surface area contributed by atoms with Crippen molar-refractivity contribution in [2.45, 2.75) is 22.8 Å². The molecule has 1 N–H and O–H groups in total. The van der Waals surface area contributed by atoms with Gasteiger partial charge in [0.15, 0.2) is 4.34 Å².